The predicted molar refractivity (Wildman–Crippen MR) is 62.3 cm³/mol. The molecule has 0 aromatic carbocycles. The van der Waals surface area contributed by atoms with Crippen molar-refractivity contribution in [1.82, 2.24) is 0 Å². The molecule has 0 spiro atoms. The van der Waals surface area contributed by atoms with Gasteiger partial charge in [0.2, 0.25) is 0 Å². The molecular weight excluding hydrogens is 234 g/mol. The molecule has 0 aliphatic rings. The summed E-state index contributed by atoms with van der Waals surface area (Å²) in [5.41, 5.74) is 4.88. The van der Waals surface area contributed by atoms with Crippen LogP contribution in [0.3, 0.4) is 0 Å². The maximum Gasteiger partial charge on any atom is 0.323 e. The maximum atomic E-state index is 11.3. The summed E-state index contributed by atoms with van der Waals surface area (Å²) in [5.74, 6) is -1.08. The van der Waals surface area contributed by atoms with Gasteiger partial charge in [0.15, 0.2) is 0 Å². The van der Waals surface area contributed by atoms with Crippen molar-refractivity contribution in [2.45, 2.75) is 45.8 Å². The van der Waals surface area contributed by atoms with E-state index in [9.17, 15) is 9.59 Å². The SMILES string of the molecule is CCOC(=O)[C@@H](N)CC(=O)OC(C)(C)C.Cl. The third-order valence-electron chi connectivity index (χ3n) is 1.40. The van der Waals surface area contributed by atoms with Gasteiger partial charge in [0.1, 0.15) is 11.6 Å². The number of ether oxygens (including phenoxy) is 2. The highest BCUT2D eigenvalue weighted by atomic mass is 35.5. The lowest BCUT2D eigenvalue weighted by Gasteiger charge is -2.20. The van der Waals surface area contributed by atoms with E-state index >= 15 is 0 Å². The lowest BCUT2D eigenvalue weighted by Crippen LogP contribution is -2.36. The molecule has 0 amide bonds. The van der Waals surface area contributed by atoms with Gasteiger partial charge in [0.05, 0.1) is 13.0 Å². The Balaban J connectivity index is 0. The number of halogens is 1. The van der Waals surface area contributed by atoms with Crippen LogP contribution in [-0.4, -0.2) is 30.2 Å². The smallest absolute Gasteiger partial charge is 0.323 e. The Morgan fingerprint density at radius 3 is 2.19 bits per heavy atom. The summed E-state index contributed by atoms with van der Waals surface area (Å²) in [4.78, 5) is 22.4. The Bertz CT molecular complexity index is 237. The van der Waals surface area contributed by atoms with Crippen molar-refractivity contribution in [3.8, 4) is 0 Å². The van der Waals surface area contributed by atoms with Crippen LogP contribution < -0.4 is 5.73 Å². The van der Waals surface area contributed by atoms with E-state index in [1.807, 2.05) is 0 Å². The molecule has 0 saturated carbocycles. The molecule has 1 atom stereocenters. The molecule has 5 nitrogen and oxygen atoms in total. The van der Waals surface area contributed by atoms with Gasteiger partial charge < -0.3 is 15.2 Å². The lowest BCUT2D eigenvalue weighted by atomic mass is 10.2. The van der Waals surface area contributed by atoms with Crippen LogP contribution in [0, 0.1) is 0 Å². The second-order valence-electron chi connectivity index (χ2n) is 4.15. The molecule has 6 heteroatoms. The fraction of sp³-hybridized carbons (Fsp3) is 0.800. The average molecular weight is 254 g/mol. The number of nitrogens with two attached hydrogens (primary N) is 1. The second kappa shape index (κ2) is 7.46. The maximum absolute atomic E-state index is 11.3. The molecule has 2 N–H and O–H groups in total. The number of hydrogen-bond acceptors (Lipinski definition) is 5. The normalized spacial score (nSPS) is 12.3. The first-order valence-electron chi connectivity index (χ1n) is 4.90. The highest BCUT2D eigenvalue weighted by Crippen LogP contribution is 2.09. The third kappa shape index (κ3) is 8.49. The van der Waals surface area contributed by atoms with E-state index in [4.69, 9.17) is 10.5 Å². The minimum absolute atomic E-state index is 0. The number of hydrogen-bond donors (Lipinski definition) is 1. The third-order valence-corrected chi connectivity index (χ3v) is 1.40. The molecule has 0 bridgehead atoms. The van der Waals surface area contributed by atoms with Crippen molar-refractivity contribution < 1.29 is 19.1 Å². The molecule has 0 saturated heterocycles. The molecule has 96 valence electrons. The summed E-state index contributed by atoms with van der Waals surface area (Å²) >= 11 is 0. The van der Waals surface area contributed by atoms with Gasteiger partial charge in [0.25, 0.3) is 0 Å². The fourth-order valence-electron chi connectivity index (χ4n) is 0.895. The van der Waals surface area contributed by atoms with Gasteiger partial charge >= 0.3 is 11.9 Å². The molecule has 16 heavy (non-hydrogen) atoms. The zero-order valence-electron chi connectivity index (χ0n) is 10.1. The topological polar surface area (TPSA) is 78.6 Å². The van der Waals surface area contributed by atoms with Crippen LogP contribution in [0.15, 0.2) is 0 Å². The van der Waals surface area contributed by atoms with Gasteiger partial charge in [-0.15, -0.1) is 12.4 Å². The van der Waals surface area contributed by atoms with Gasteiger partial charge in [0, 0.05) is 0 Å². The van der Waals surface area contributed by atoms with E-state index in [1.165, 1.54) is 0 Å². The number of carbonyl (C=O) groups excluding carboxylic acids is 2. The van der Waals surface area contributed by atoms with Crippen LogP contribution in [0.1, 0.15) is 34.1 Å². The monoisotopic (exact) mass is 253 g/mol. The van der Waals surface area contributed by atoms with Gasteiger partial charge in [-0.2, -0.15) is 0 Å². The number of carbonyl (C=O) groups is 2. The minimum atomic E-state index is -0.945. The summed E-state index contributed by atoms with van der Waals surface area (Å²) in [6.45, 7) is 7.18. The van der Waals surface area contributed by atoms with Crippen molar-refractivity contribution in [1.29, 1.82) is 0 Å². The molecule has 0 fully saturated rings. The Morgan fingerprint density at radius 2 is 1.81 bits per heavy atom. The number of rotatable bonds is 4. The zero-order valence-corrected chi connectivity index (χ0v) is 10.9. The molecule has 0 rings (SSSR count). The van der Waals surface area contributed by atoms with Crippen LogP contribution in [-0.2, 0) is 19.1 Å². The first-order valence-corrected chi connectivity index (χ1v) is 4.90. The standard InChI is InChI=1S/C10H19NO4.ClH/c1-5-14-9(13)7(11)6-8(12)15-10(2,3)4;/h7H,5-6,11H2,1-4H3;1H/t7-;/m0./s1. The molecule has 0 aliphatic heterocycles. The molecule has 0 radical (unpaired) electrons. The van der Waals surface area contributed by atoms with Gasteiger partial charge in [-0.1, -0.05) is 0 Å². The van der Waals surface area contributed by atoms with E-state index in [-0.39, 0.29) is 25.4 Å². The lowest BCUT2D eigenvalue weighted by molar-refractivity contribution is -0.159. The molecule has 0 aliphatic carbocycles. The minimum Gasteiger partial charge on any atom is -0.465 e. The Morgan fingerprint density at radius 1 is 1.31 bits per heavy atom. The van der Waals surface area contributed by atoms with E-state index < -0.39 is 23.6 Å². The molecule has 0 aromatic rings. The molecule has 0 unspecified atom stereocenters. The molecular formula is C10H20ClNO4. The summed E-state index contributed by atoms with van der Waals surface area (Å²) in [6, 6.07) is -0.945. The van der Waals surface area contributed by atoms with Crippen molar-refractivity contribution in [3.63, 3.8) is 0 Å². The summed E-state index contributed by atoms with van der Waals surface area (Å²) in [7, 11) is 0. The predicted octanol–water partition coefficient (Wildman–Crippen LogP) is 1.03. The summed E-state index contributed by atoms with van der Waals surface area (Å²) in [6.07, 6.45) is -0.157. The van der Waals surface area contributed by atoms with E-state index in [2.05, 4.69) is 4.74 Å². The quantitative estimate of drug-likeness (QED) is 0.757. The Hall–Kier alpha value is -0.810. The van der Waals surface area contributed by atoms with Crippen molar-refractivity contribution in [2.24, 2.45) is 5.73 Å². The second-order valence-corrected chi connectivity index (χ2v) is 4.15. The van der Waals surface area contributed by atoms with E-state index in [1.54, 1.807) is 27.7 Å². The van der Waals surface area contributed by atoms with Crippen LogP contribution in [0.4, 0.5) is 0 Å². The van der Waals surface area contributed by atoms with Crippen LogP contribution in [0.2, 0.25) is 0 Å². The first kappa shape index (κ1) is 17.6. The Labute approximate surface area is 102 Å². The first-order chi connectivity index (χ1) is 6.76. The number of esters is 2. The van der Waals surface area contributed by atoms with Gasteiger partial charge in [-0.05, 0) is 27.7 Å². The van der Waals surface area contributed by atoms with Gasteiger partial charge in [-0.3, -0.25) is 9.59 Å². The summed E-state index contributed by atoms with van der Waals surface area (Å²) < 4.78 is 9.67. The zero-order chi connectivity index (χ0) is 12.1. The van der Waals surface area contributed by atoms with Crippen LogP contribution in [0.25, 0.3) is 0 Å². The average Bonchev–Trinajstić information content (AvgIpc) is 2.00. The Kier molecular flexibility index (Phi) is 8.20. The largest absolute Gasteiger partial charge is 0.465 e. The molecule has 0 heterocycles. The highest BCUT2D eigenvalue weighted by molar-refractivity contribution is 5.85. The van der Waals surface area contributed by atoms with E-state index in [0.717, 1.165) is 0 Å². The highest BCUT2D eigenvalue weighted by Gasteiger charge is 2.23. The molecule has 0 aromatic heterocycles. The van der Waals surface area contributed by atoms with Crippen molar-refractivity contribution in [3.05, 3.63) is 0 Å². The van der Waals surface area contributed by atoms with Crippen LogP contribution in [0.5, 0.6) is 0 Å². The van der Waals surface area contributed by atoms with E-state index in [0.29, 0.717) is 0 Å². The van der Waals surface area contributed by atoms with Gasteiger partial charge in [-0.25, -0.2) is 0 Å². The summed E-state index contributed by atoms with van der Waals surface area (Å²) in [5, 5.41) is 0. The van der Waals surface area contributed by atoms with Crippen molar-refractivity contribution >= 4 is 24.3 Å². The van der Waals surface area contributed by atoms with Crippen molar-refractivity contribution in [2.75, 3.05) is 6.61 Å². The van der Waals surface area contributed by atoms with Crippen LogP contribution >= 0.6 is 12.4 Å². The fourth-order valence-corrected chi connectivity index (χ4v) is 0.895.